The summed E-state index contributed by atoms with van der Waals surface area (Å²) in [5, 5.41) is 33.4. The van der Waals surface area contributed by atoms with Crippen molar-refractivity contribution in [2.45, 2.75) is 115 Å². The number of aliphatic carboxylic acids is 1. The van der Waals surface area contributed by atoms with Crippen molar-refractivity contribution in [3.8, 4) is 0 Å². The van der Waals surface area contributed by atoms with E-state index in [0.717, 1.165) is 12.0 Å². The maximum atomic E-state index is 12.5. The zero-order chi connectivity index (χ0) is 30.9. The Morgan fingerprint density at radius 1 is 1.17 bits per heavy atom. The van der Waals surface area contributed by atoms with Crippen LogP contribution in [0.15, 0.2) is 36.0 Å². The van der Waals surface area contributed by atoms with Crippen LogP contribution in [0.2, 0.25) is 0 Å². The average molecular weight is 600 g/mol. The maximum Gasteiger partial charge on any atom is 0.308 e. The Morgan fingerprint density at radius 2 is 1.85 bits per heavy atom. The fourth-order valence-electron chi connectivity index (χ4n) is 4.91. The van der Waals surface area contributed by atoms with E-state index in [-0.39, 0.29) is 60.7 Å². The Hall–Kier alpha value is -2.24. The Kier molecular flexibility index (Phi) is 13.5. The summed E-state index contributed by atoms with van der Waals surface area (Å²) in [6.07, 6.45) is 5.55. The minimum Gasteiger partial charge on any atom is -0.481 e. The van der Waals surface area contributed by atoms with Gasteiger partial charge in [-0.05, 0) is 45.6 Å². The molecule has 1 amide bonds. The Labute approximate surface area is 247 Å². The van der Waals surface area contributed by atoms with Gasteiger partial charge in [-0.1, -0.05) is 44.6 Å². The van der Waals surface area contributed by atoms with Gasteiger partial charge >= 0.3 is 11.9 Å². The molecule has 10 nitrogen and oxygen atoms in total. The van der Waals surface area contributed by atoms with E-state index >= 15 is 0 Å². The summed E-state index contributed by atoms with van der Waals surface area (Å²) < 4.78 is 17.2. The van der Waals surface area contributed by atoms with Crippen LogP contribution in [0, 0.1) is 11.8 Å². The number of carboxylic acids is 1. The fourth-order valence-corrected chi connectivity index (χ4v) is 5.17. The van der Waals surface area contributed by atoms with Crippen LogP contribution in [-0.4, -0.2) is 87.3 Å². The molecule has 2 heterocycles. The van der Waals surface area contributed by atoms with Gasteiger partial charge in [-0.15, -0.1) is 11.6 Å². The molecule has 2 rings (SSSR count). The molecule has 0 radical (unpaired) electrons. The van der Waals surface area contributed by atoms with Gasteiger partial charge in [-0.2, -0.15) is 0 Å². The highest BCUT2D eigenvalue weighted by molar-refractivity contribution is 6.18. The first kappa shape index (κ1) is 35.0. The summed E-state index contributed by atoms with van der Waals surface area (Å²) in [5.41, 5.74) is -0.763. The molecule has 0 bridgehead atoms. The summed E-state index contributed by atoms with van der Waals surface area (Å²) in [6.45, 7) is 11.1. The Balaban J connectivity index is 1.91. The SMILES string of the molecule is CC(/C=C/[C@H]1O[C@H](CC(=O)O)C[C@@](O)(CCl)[C@@H]1O)=C\C[C@@H]1O[C@H](C)[C@H](NC(=O)/C=C\[C@H](C)OC(=O)C(C)C)C[C@@H]1C. The number of esters is 1. The molecular weight excluding hydrogens is 554 g/mol. The van der Waals surface area contributed by atoms with Crippen LogP contribution in [-0.2, 0) is 28.6 Å². The highest BCUT2D eigenvalue weighted by Gasteiger charge is 2.47. The van der Waals surface area contributed by atoms with E-state index in [9.17, 15) is 24.6 Å². The predicted molar refractivity (Wildman–Crippen MR) is 154 cm³/mol. The third kappa shape index (κ3) is 10.8. The monoisotopic (exact) mass is 599 g/mol. The molecule has 0 aromatic heterocycles. The standard InChI is InChI=1S/C30H46ClNO9/c1-17(2)29(37)39-20(5)9-12-26(33)32-23-13-19(4)24(40-21(23)6)10-7-18(3)8-11-25-28(36)30(38,16-31)15-22(41-25)14-27(34)35/h7-9,11-12,17,19-25,28,36,38H,10,13-16H2,1-6H3,(H,32,33)(H,34,35)/b11-8+,12-9-,18-7+/t19-,20-,21+,22+,23+,24-,25+,28+,30+/m0/s1. The number of ether oxygens (including phenoxy) is 3. The summed E-state index contributed by atoms with van der Waals surface area (Å²) in [7, 11) is 0. The van der Waals surface area contributed by atoms with E-state index in [2.05, 4.69) is 12.2 Å². The van der Waals surface area contributed by atoms with E-state index in [4.69, 9.17) is 30.9 Å². The molecule has 0 unspecified atom stereocenters. The zero-order valence-corrected chi connectivity index (χ0v) is 25.5. The van der Waals surface area contributed by atoms with Crippen LogP contribution in [0.1, 0.15) is 67.2 Å². The number of rotatable bonds is 12. The molecule has 11 heteroatoms. The highest BCUT2D eigenvalue weighted by atomic mass is 35.5. The Morgan fingerprint density at radius 3 is 2.46 bits per heavy atom. The number of hydrogen-bond acceptors (Lipinski definition) is 8. The van der Waals surface area contributed by atoms with Crippen molar-refractivity contribution in [2.75, 3.05) is 5.88 Å². The average Bonchev–Trinajstić information content (AvgIpc) is 2.89. The molecule has 9 atom stereocenters. The number of carbonyl (C=O) groups excluding carboxylic acids is 2. The van der Waals surface area contributed by atoms with Crippen molar-refractivity contribution in [3.63, 3.8) is 0 Å². The van der Waals surface area contributed by atoms with Crippen LogP contribution in [0.4, 0.5) is 0 Å². The van der Waals surface area contributed by atoms with Gasteiger partial charge in [0.05, 0.1) is 42.6 Å². The second-order valence-corrected chi connectivity index (χ2v) is 11.9. The number of allylic oxidation sites excluding steroid dienone is 2. The minimum absolute atomic E-state index is 0.0645. The largest absolute Gasteiger partial charge is 0.481 e. The van der Waals surface area contributed by atoms with Crippen molar-refractivity contribution in [1.82, 2.24) is 5.32 Å². The number of carbonyl (C=O) groups is 3. The van der Waals surface area contributed by atoms with Gasteiger partial charge in [0.15, 0.2) is 0 Å². The molecule has 2 aliphatic heterocycles. The van der Waals surface area contributed by atoms with Crippen molar-refractivity contribution >= 4 is 29.4 Å². The lowest BCUT2D eigenvalue weighted by Gasteiger charge is -2.43. The molecule has 232 valence electrons. The van der Waals surface area contributed by atoms with Crippen molar-refractivity contribution in [1.29, 1.82) is 0 Å². The highest BCUT2D eigenvalue weighted by Crippen LogP contribution is 2.33. The molecule has 0 aromatic rings. The van der Waals surface area contributed by atoms with Gasteiger partial charge in [0.2, 0.25) is 5.91 Å². The normalized spacial score (nSPS) is 33.7. The third-order valence-electron chi connectivity index (χ3n) is 7.48. The van der Waals surface area contributed by atoms with E-state index in [0.29, 0.717) is 6.42 Å². The summed E-state index contributed by atoms with van der Waals surface area (Å²) in [4.78, 5) is 35.3. The second kappa shape index (κ2) is 15.8. The van der Waals surface area contributed by atoms with Crippen LogP contribution < -0.4 is 5.32 Å². The molecule has 0 saturated carbocycles. The van der Waals surface area contributed by atoms with Gasteiger partial charge < -0.3 is 34.8 Å². The summed E-state index contributed by atoms with van der Waals surface area (Å²) in [5.74, 6) is -1.97. The number of halogens is 1. The predicted octanol–water partition coefficient (Wildman–Crippen LogP) is 3.28. The van der Waals surface area contributed by atoms with Gasteiger partial charge in [0, 0.05) is 12.5 Å². The number of alkyl halides is 1. The van der Waals surface area contributed by atoms with Gasteiger partial charge in [-0.3, -0.25) is 14.4 Å². The van der Waals surface area contributed by atoms with Crippen molar-refractivity contribution in [2.24, 2.45) is 11.8 Å². The van der Waals surface area contributed by atoms with E-state index in [1.807, 2.05) is 19.9 Å². The van der Waals surface area contributed by atoms with Crippen molar-refractivity contribution < 1.29 is 43.9 Å². The topological polar surface area (TPSA) is 152 Å². The quantitative estimate of drug-likeness (QED) is 0.115. The first-order valence-corrected chi connectivity index (χ1v) is 14.7. The molecule has 0 spiro atoms. The molecule has 0 aliphatic carbocycles. The van der Waals surface area contributed by atoms with E-state index in [1.54, 1.807) is 39.0 Å². The minimum atomic E-state index is -1.64. The van der Waals surface area contributed by atoms with Crippen molar-refractivity contribution in [3.05, 3.63) is 36.0 Å². The number of nitrogens with one attached hydrogen (secondary N) is 1. The third-order valence-corrected chi connectivity index (χ3v) is 7.95. The number of aliphatic hydroxyl groups is 2. The number of aliphatic hydroxyl groups excluding tert-OH is 1. The molecule has 2 aliphatic rings. The van der Waals surface area contributed by atoms with Gasteiger partial charge in [-0.25, -0.2) is 0 Å². The lowest BCUT2D eigenvalue weighted by atomic mass is 9.84. The van der Waals surface area contributed by atoms with Crippen LogP contribution in [0.5, 0.6) is 0 Å². The van der Waals surface area contributed by atoms with E-state index < -0.39 is 36.0 Å². The Bertz CT molecular complexity index is 996. The summed E-state index contributed by atoms with van der Waals surface area (Å²) in [6, 6.07) is -0.165. The van der Waals surface area contributed by atoms with E-state index in [1.165, 1.54) is 6.08 Å². The molecule has 41 heavy (non-hydrogen) atoms. The lowest BCUT2D eigenvalue weighted by molar-refractivity contribution is -0.197. The molecule has 0 aromatic carbocycles. The molecule has 2 fully saturated rings. The molecule has 2 saturated heterocycles. The number of amides is 1. The first-order valence-electron chi connectivity index (χ1n) is 14.2. The van der Waals surface area contributed by atoms with Gasteiger partial charge in [0.1, 0.15) is 23.9 Å². The zero-order valence-electron chi connectivity index (χ0n) is 24.8. The maximum absolute atomic E-state index is 12.5. The smallest absolute Gasteiger partial charge is 0.308 e. The van der Waals surface area contributed by atoms with Crippen LogP contribution in [0.25, 0.3) is 0 Å². The molecular formula is C30H46ClNO9. The number of carboxylic acid groups (broad SMARTS) is 1. The summed E-state index contributed by atoms with van der Waals surface area (Å²) >= 11 is 5.89. The van der Waals surface area contributed by atoms with Gasteiger partial charge in [0.25, 0.3) is 0 Å². The van der Waals surface area contributed by atoms with Crippen LogP contribution in [0.3, 0.4) is 0 Å². The first-order chi connectivity index (χ1) is 19.1. The fraction of sp³-hybridized carbons (Fsp3) is 0.700. The lowest BCUT2D eigenvalue weighted by Crippen LogP contribution is -2.58. The number of hydrogen-bond donors (Lipinski definition) is 4. The second-order valence-electron chi connectivity index (χ2n) is 11.6. The molecule has 4 N–H and O–H groups in total. The van der Waals surface area contributed by atoms with Crippen LogP contribution >= 0.6 is 11.6 Å².